The summed E-state index contributed by atoms with van der Waals surface area (Å²) >= 11 is 6.98. The Labute approximate surface area is 217 Å². The second kappa shape index (κ2) is 10.3. The number of hydrogen-bond acceptors (Lipinski definition) is 7. The van der Waals surface area contributed by atoms with Crippen LogP contribution in [0.4, 0.5) is 5.00 Å². The van der Waals surface area contributed by atoms with Crippen molar-refractivity contribution in [1.29, 1.82) is 0 Å². The SMILES string of the molecule is CCOC(=O)c1sc(NC(=S)N2CCN(C3C4CC5CC(C4)CC3C5)CC2)c(C(=O)OCC)c1C. The summed E-state index contributed by atoms with van der Waals surface area (Å²) < 4.78 is 10.5. The molecule has 2 heterocycles. The van der Waals surface area contributed by atoms with Crippen LogP contribution >= 0.6 is 23.6 Å². The molecule has 1 saturated heterocycles. The third kappa shape index (κ3) is 4.83. The zero-order valence-corrected chi connectivity index (χ0v) is 22.6. The highest BCUT2D eigenvalue weighted by Crippen LogP contribution is 2.55. The van der Waals surface area contributed by atoms with Gasteiger partial charge in [0.1, 0.15) is 9.88 Å². The molecule has 1 aliphatic heterocycles. The van der Waals surface area contributed by atoms with Crippen LogP contribution < -0.4 is 5.32 Å². The molecule has 4 aliphatic carbocycles. The van der Waals surface area contributed by atoms with Crippen LogP contribution in [-0.2, 0) is 9.47 Å². The molecule has 1 aromatic heterocycles. The van der Waals surface area contributed by atoms with Gasteiger partial charge in [0, 0.05) is 32.2 Å². The molecule has 0 atom stereocenters. The highest BCUT2D eigenvalue weighted by atomic mass is 32.1. The average molecular weight is 520 g/mol. The van der Waals surface area contributed by atoms with Gasteiger partial charge in [0.25, 0.3) is 0 Å². The fourth-order valence-electron chi connectivity index (χ4n) is 7.33. The first-order valence-corrected chi connectivity index (χ1v) is 14.4. The van der Waals surface area contributed by atoms with E-state index in [-0.39, 0.29) is 13.2 Å². The Kier molecular flexibility index (Phi) is 7.38. The quantitative estimate of drug-likeness (QED) is 0.434. The molecule has 7 nitrogen and oxygen atoms in total. The third-order valence-corrected chi connectivity index (χ3v) is 10.1. The molecule has 0 unspecified atom stereocenters. The molecule has 0 radical (unpaired) electrons. The van der Waals surface area contributed by atoms with Crippen LogP contribution in [-0.4, -0.2) is 72.3 Å². The van der Waals surface area contributed by atoms with Crippen molar-refractivity contribution in [3.63, 3.8) is 0 Å². The molecule has 0 amide bonds. The van der Waals surface area contributed by atoms with E-state index in [1.54, 1.807) is 20.8 Å². The minimum atomic E-state index is -0.450. The summed E-state index contributed by atoms with van der Waals surface area (Å²) in [7, 11) is 0. The van der Waals surface area contributed by atoms with Crippen molar-refractivity contribution in [1.82, 2.24) is 9.80 Å². The second-order valence-electron chi connectivity index (χ2n) is 10.6. The number of ether oxygens (including phenoxy) is 2. The maximum Gasteiger partial charge on any atom is 0.348 e. The van der Waals surface area contributed by atoms with Gasteiger partial charge >= 0.3 is 11.9 Å². The summed E-state index contributed by atoms with van der Waals surface area (Å²) in [6.45, 7) is 9.63. The van der Waals surface area contributed by atoms with E-state index in [0.29, 0.717) is 26.1 Å². The topological polar surface area (TPSA) is 71.1 Å². The Bertz CT molecular complexity index is 957. The molecule has 0 spiro atoms. The molecule has 5 fully saturated rings. The van der Waals surface area contributed by atoms with Crippen molar-refractivity contribution in [3.05, 3.63) is 16.0 Å². The first kappa shape index (κ1) is 25.0. The molecule has 6 rings (SSSR count). The summed E-state index contributed by atoms with van der Waals surface area (Å²) in [6.07, 6.45) is 7.25. The van der Waals surface area contributed by atoms with Gasteiger partial charge in [-0.3, -0.25) is 4.90 Å². The molecule has 1 aromatic rings. The lowest BCUT2D eigenvalue weighted by Crippen LogP contribution is -2.60. The van der Waals surface area contributed by atoms with Gasteiger partial charge in [-0.2, -0.15) is 0 Å². The number of rotatable bonds is 6. The zero-order valence-electron chi connectivity index (χ0n) is 21.0. The average Bonchev–Trinajstić information content (AvgIpc) is 3.15. The largest absolute Gasteiger partial charge is 0.462 e. The number of nitrogens with zero attached hydrogens (tertiary/aromatic N) is 2. The normalized spacial score (nSPS) is 29.8. The van der Waals surface area contributed by atoms with Gasteiger partial charge in [-0.15, -0.1) is 11.3 Å². The van der Waals surface area contributed by atoms with E-state index in [4.69, 9.17) is 21.7 Å². The van der Waals surface area contributed by atoms with E-state index in [1.807, 2.05) is 0 Å². The van der Waals surface area contributed by atoms with Crippen LogP contribution in [0.25, 0.3) is 0 Å². The van der Waals surface area contributed by atoms with Crippen molar-refractivity contribution >= 4 is 45.6 Å². The van der Waals surface area contributed by atoms with Crippen molar-refractivity contribution in [2.75, 3.05) is 44.7 Å². The molecule has 9 heteroatoms. The number of hydrogen-bond donors (Lipinski definition) is 1. The lowest BCUT2D eigenvalue weighted by molar-refractivity contribution is -0.0726. The molecule has 4 saturated carbocycles. The van der Waals surface area contributed by atoms with Crippen LogP contribution in [0.1, 0.15) is 71.5 Å². The summed E-state index contributed by atoms with van der Waals surface area (Å²) in [5.74, 6) is 2.90. The van der Waals surface area contributed by atoms with E-state index in [2.05, 4.69) is 15.1 Å². The fourth-order valence-corrected chi connectivity index (χ4v) is 8.77. The summed E-state index contributed by atoms with van der Waals surface area (Å²) in [5.41, 5.74) is 0.943. The van der Waals surface area contributed by atoms with E-state index in [0.717, 1.165) is 55.9 Å². The van der Waals surface area contributed by atoms with Crippen LogP contribution in [0.2, 0.25) is 0 Å². The van der Waals surface area contributed by atoms with E-state index < -0.39 is 11.9 Å². The van der Waals surface area contributed by atoms with E-state index in [1.165, 1.54) is 43.4 Å². The predicted octanol–water partition coefficient (Wildman–Crippen LogP) is 4.55. The molecule has 4 bridgehead atoms. The van der Waals surface area contributed by atoms with Crippen LogP contribution in [0.5, 0.6) is 0 Å². The van der Waals surface area contributed by atoms with Crippen molar-refractivity contribution in [2.45, 2.75) is 58.9 Å². The number of carbonyl (C=O) groups excluding carboxylic acids is 2. The number of anilines is 1. The summed E-state index contributed by atoms with van der Waals surface area (Å²) in [6, 6.07) is 0.758. The Hall–Kier alpha value is -1.71. The van der Waals surface area contributed by atoms with E-state index in [9.17, 15) is 9.59 Å². The standard InChI is InChI=1S/C26H37N3O4S2/c1-4-32-24(30)20-15(3)22(25(31)33-5-2)35-23(20)27-26(34)29-8-6-28(7-9-29)21-18-11-16-10-17(13-18)14-19(21)12-16/h16-19,21H,4-14H2,1-3H3,(H,27,34). The molecule has 35 heavy (non-hydrogen) atoms. The number of esters is 2. The van der Waals surface area contributed by atoms with Gasteiger partial charge < -0.3 is 19.7 Å². The lowest BCUT2D eigenvalue weighted by atomic mass is 9.54. The maximum atomic E-state index is 12.7. The molecule has 5 aliphatic rings. The number of carbonyl (C=O) groups is 2. The Morgan fingerprint density at radius 1 is 0.943 bits per heavy atom. The lowest BCUT2D eigenvalue weighted by Gasteiger charge is -2.58. The molecule has 192 valence electrons. The minimum Gasteiger partial charge on any atom is -0.462 e. The minimum absolute atomic E-state index is 0.263. The van der Waals surface area contributed by atoms with Crippen molar-refractivity contribution in [2.24, 2.45) is 23.7 Å². The molecule has 1 N–H and O–H groups in total. The summed E-state index contributed by atoms with van der Waals surface area (Å²) in [5, 5.41) is 4.42. The molecular formula is C26H37N3O4S2. The highest BCUT2D eigenvalue weighted by molar-refractivity contribution is 7.80. The van der Waals surface area contributed by atoms with Gasteiger partial charge in [-0.1, -0.05) is 0 Å². The zero-order chi connectivity index (χ0) is 24.7. The van der Waals surface area contributed by atoms with Crippen LogP contribution in [0.3, 0.4) is 0 Å². The van der Waals surface area contributed by atoms with Crippen LogP contribution in [0, 0.1) is 30.6 Å². The Balaban J connectivity index is 1.24. The second-order valence-corrected chi connectivity index (χ2v) is 12.0. The first-order chi connectivity index (χ1) is 16.9. The number of thiocarbonyl (C=S) groups is 1. The fraction of sp³-hybridized carbons (Fsp3) is 0.731. The van der Waals surface area contributed by atoms with Gasteiger partial charge in [-0.05, 0) is 94.3 Å². The monoisotopic (exact) mass is 519 g/mol. The van der Waals surface area contributed by atoms with Gasteiger partial charge in [0.15, 0.2) is 5.11 Å². The summed E-state index contributed by atoms with van der Waals surface area (Å²) in [4.78, 5) is 30.5. The van der Waals surface area contributed by atoms with Crippen LogP contribution in [0.15, 0.2) is 0 Å². The van der Waals surface area contributed by atoms with E-state index >= 15 is 0 Å². The number of piperazine rings is 1. The highest BCUT2D eigenvalue weighted by Gasteiger charge is 2.50. The van der Waals surface area contributed by atoms with Gasteiger partial charge in [0.2, 0.25) is 0 Å². The van der Waals surface area contributed by atoms with Crippen molar-refractivity contribution in [3.8, 4) is 0 Å². The number of nitrogens with one attached hydrogen (secondary N) is 1. The van der Waals surface area contributed by atoms with Crippen molar-refractivity contribution < 1.29 is 19.1 Å². The Morgan fingerprint density at radius 3 is 2.09 bits per heavy atom. The number of thiophene rings is 1. The Morgan fingerprint density at radius 2 is 1.51 bits per heavy atom. The molecule has 0 aromatic carbocycles. The molecular weight excluding hydrogens is 482 g/mol. The maximum absolute atomic E-state index is 12.7. The third-order valence-electron chi connectivity index (χ3n) is 8.51. The first-order valence-electron chi connectivity index (χ1n) is 13.2. The predicted molar refractivity (Wildman–Crippen MR) is 141 cm³/mol. The van der Waals surface area contributed by atoms with Gasteiger partial charge in [-0.25, -0.2) is 9.59 Å². The van der Waals surface area contributed by atoms with Gasteiger partial charge in [0.05, 0.1) is 18.8 Å². The smallest absolute Gasteiger partial charge is 0.348 e.